The van der Waals surface area contributed by atoms with Crippen LogP contribution in [0.25, 0.3) is 0 Å². The molecule has 0 spiro atoms. The fourth-order valence-corrected chi connectivity index (χ4v) is 2.24. The highest BCUT2D eigenvalue weighted by atomic mass is 14.6. The molecule has 2 unspecified atom stereocenters. The van der Waals surface area contributed by atoms with Crippen LogP contribution in [0.4, 0.5) is 0 Å². The molecule has 1 aliphatic carbocycles. The number of nitrogens with zero attached hydrogens (tertiary/aromatic N) is 1. The molecule has 1 aliphatic rings. The van der Waals surface area contributed by atoms with Gasteiger partial charge in [-0.3, -0.25) is 4.98 Å². The fraction of sp³-hybridized carbons (Fsp3) is 0.545. The lowest BCUT2D eigenvalue weighted by Gasteiger charge is -2.14. The van der Waals surface area contributed by atoms with Crippen molar-refractivity contribution < 1.29 is 0 Å². The normalized spacial score (nSPS) is 29.1. The molecular weight excluding hydrogens is 146 g/mol. The zero-order valence-electron chi connectivity index (χ0n) is 7.53. The maximum absolute atomic E-state index is 4.16. The summed E-state index contributed by atoms with van der Waals surface area (Å²) in [5, 5.41) is 0. The van der Waals surface area contributed by atoms with Crippen LogP contribution in [0.1, 0.15) is 37.7 Å². The highest BCUT2D eigenvalue weighted by Crippen LogP contribution is 2.38. The summed E-state index contributed by atoms with van der Waals surface area (Å²) in [4.78, 5) is 4.16. The van der Waals surface area contributed by atoms with Crippen LogP contribution >= 0.6 is 0 Å². The quantitative estimate of drug-likeness (QED) is 0.617. The Kier molecular flexibility index (Phi) is 2.11. The third-order valence-corrected chi connectivity index (χ3v) is 2.97. The van der Waals surface area contributed by atoms with Gasteiger partial charge in [0.2, 0.25) is 0 Å². The lowest BCUT2D eigenvalue weighted by molar-refractivity contribution is 0.532. The topological polar surface area (TPSA) is 12.9 Å². The highest BCUT2D eigenvalue weighted by molar-refractivity contribution is 5.16. The minimum atomic E-state index is 0.777. The van der Waals surface area contributed by atoms with Crippen LogP contribution in [0.15, 0.2) is 24.5 Å². The summed E-state index contributed by atoms with van der Waals surface area (Å²) in [6.07, 6.45) is 8.00. The van der Waals surface area contributed by atoms with Crippen molar-refractivity contribution in [2.24, 2.45) is 5.92 Å². The minimum Gasteiger partial charge on any atom is -0.264 e. The standard InChI is InChI=1S/C11H15N/c1-9-4-2-6-11(9)10-5-3-7-12-8-10/h3,5,7-9,11H,2,4,6H2,1H3. The van der Waals surface area contributed by atoms with Crippen molar-refractivity contribution in [3.05, 3.63) is 30.1 Å². The molecule has 2 rings (SSSR count). The average Bonchev–Trinajstić information content (AvgIpc) is 2.53. The molecule has 0 amide bonds. The smallest absolute Gasteiger partial charge is 0.0302 e. The van der Waals surface area contributed by atoms with Gasteiger partial charge in [0.25, 0.3) is 0 Å². The van der Waals surface area contributed by atoms with Crippen molar-refractivity contribution in [1.29, 1.82) is 0 Å². The number of pyridine rings is 1. The summed E-state index contributed by atoms with van der Waals surface area (Å²) < 4.78 is 0. The van der Waals surface area contributed by atoms with Gasteiger partial charge in [-0.05, 0) is 29.9 Å². The van der Waals surface area contributed by atoms with E-state index in [0.717, 1.165) is 11.8 Å². The average molecular weight is 161 g/mol. The zero-order valence-corrected chi connectivity index (χ0v) is 7.53. The molecule has 1 saturated carbocycles. The minimum absolute atomic E-state index is 0.777. The van der Waals surface area contributed by atoms with Gasteiger partial charge in [-0.2, -0.15) is 0 Å². The van der Waals surface area contributed by atoms with Crippen LogP contribution in [0.5, 0.6) is 0 Å². The number of hydrogen-bond acceptors (Lipinski definition) is 1. The van der Waals surface area contributed by atoms with E-state index in [4.69, 9.17) is 0 Å². The summed E-state index contributed by atoms with van der Waals surface area (Å²) >= 11 is 0. The molecule has 12 heavy (non-hydrogen) atoms. The first-order valence-corrected chi connectivity index (χ1v) is 4.78. The van der Waals surface area contributed by atoms with Crippen LogP contribution in [-0.2, 0) is 0 Å². The van der Waals surface area contributed by atoms with E-state index >= 15 is 0 Å². The van der Waals surface area contributed by atoms with Gasteiger partial charge >= 0.3 is 0 Å². The Morgan fingerprint density at radius 2 is 2.33 bits per heavy atom. The summed E-state index contributed by atoms with van der Waals surface area (Å²) in [6.45, 7) is 2.35. The first-order valence-electron chi connectivity index (χ1n) is 4.78. The predicted molar refractivity (Wildman–Crippen MR) is 50.0 cm³/mol. The van der Waals surface area contributed by atoms with Crippen LogP contribution in [-0.4, -0.2) is 4.98 Å². The Bertz CT molecular complexity index is 242. The van der Waals surface area contributed by atoms with Gasteiger partial charge < -0.3 is 0 Å². The van der Waals surface area contributed by atoms with Crippen LogP contribution < -0.4 is 0 Å². The summed E-state index contributed by atoms with van der Waals surface area (Å²) in [7, 11) is 0. The van der Waals surface area contributed by atoms with Crippen molar-refractivity contribution in [2.45, 2.75) is 32.1 Å². The third kappa shape index (κ3) is 1.36. The van der Waals surface area contributed by atoms with Crippen molar-refractivity contribution in [3.8, 4) is 0 Å². The molecule has 1 aromatic rings. The maximum Gasteiger partial charge on any atom is 0.0302 e. The Hall–Kier alpha value is -0.850. The van der Waals surface area contributed by atoms with Crippen molar-refractivity contribution in [2.75, 3.05) is 0 Å². The van der Waals surface area contributed by atoms with Crippen LogP contribution in [0.2, 0.25) is 0 Å². The third-order valence-electron chi connectivity index (χ3n) is 2.97. The lowest BCUT2D eigenvalue weighted by atomic mass is 9.92. The van der Waals surface area contributed by atoms with E-state index in [9.17, 15) is 0 Å². The summed E-state index contributed by atoms with van der Waals surface area (Å²) in [5.74, 6) is 1.63. The molecule has 0 aromatic carbocycles. The first kappa shape index (κ1) is 7.78. The SMILES string of the molecule is CC1CCCC1c1cccnc1. The van der Waals surface area contributed by atoms with E-state index in [1.807, 2.05) is 18.5 Å². The van der Waals surface area contributed by atoms with E-state index in [1.54, 1.807) is 0 Å². The van der Waals surface area contributed by atoms with Gasteiger partial charge in [0.05, 0.1) is 0 Å². The monoisotopic (exact) mass is 161 g/mol. The summed E-state index contributed by atoms with van der Waals surface area (Å²) in [6, 6.07) is 4.25. The Morgan fingerprint density at radius 3 is 2.92 bits per heavy atom. The van der Waals surface area contributed by atoms with Crippen LogP contribution in [0.3, 0.4) is 0 Å². The zero-order chi connectivity index (χ0) is 8.39. The molecule has 64 valence electrons. The van der Waals surface area contributed by atoms with E-state index in [1.165, 1.54) is 24.8 Å². The molecule has 0 bridgehead atoms. The first-order chi connectivity index (χ1) is 5.88. The van der Waals surface area contributed by atoms with Crippen LogP contribution in [0, 0.1) is 5.92 Å². The van der Waals surface area contributed by atoms with E-state index in [0.29, 0.717) is 0 Å². The molecular formula is C11H15N. The van der Waals surface area contributed by atoms with Crippen molar-refractivity contribution >= 4 is 0 Å². The van der Waals surface area contributed by atoms with Gasteiger partial charge in [-0.25, -0.2) is 0 Å². The van der Waals surface area contributed by atoms with Gasteiger partial charge in [0.15, 0.2) is 0 Å². The second kappa shape index (κ2) is 3.26. The lowest BCUT2D eigenvalue weighted by Crippen LogP contribution is -2.01. The Morgan fingerprint density at radius 1 is 1.42 bits per heavy atom. The molecule has 1 heterocycles. The molecule has 1 nitrogen and oxygen atoms in total. The Balaban J connectivity index is 2.19. The largest absolute Gasteiger partial charge is 0.264 e. The predicted octanol–water partition coefficient (Wildman–Crippen LogP) is 2.99. The second-order valence-corrected chi connectivity index (χ2v) is 3.80. The van der Waals surface area contributed by atoms with E-state index in [2.05, 4.69) is 18.0 Å². The fourth-order valence-electron chi connectivity index (χ4n) is 2.24. The van der Waals surface area contributed by atoms with E-state index in [-0.39, 0.29) is 0 Å². The van der Waals surface area contributed by atoms with Crippen molar-refractivity contribution in [1.82, 2.24) is 4.98 Å². The van der Waals surface area contributed by atoms with Gasteiger partial charge in [0.1, 0.15) is 0 Å². The van der Waals surface area contributed by atoms with Gasteiger partial charge in [-0.15, -0.1) is 0 Å². The highest BCUT2D eigenvalue weighted by Gasteiger charge is 2.24. The molecule has 0 radical (unpaired) electrons. The maximum atomic E-state index is 4.16. The number of aromatic nitrogens is 1. The molecule has 0 N–H and O–H groups in total. The molecule has 0 aliphatic heterocycles. The molecule has 1 fully saturated rings. The number of hydrogen-bond donors (Lipinski definition) is 0. The molecule has 2 atom stereocenters. The van der Waals surface area contributed by atoms with Gasteiger partial charge in [0, 0.05) is 12.4 Å². The Labute approximate surface area is 73.8 Å². The second-order valence-electron chi connectivity index (χ2n) is 3.80. The number of rotatable bonds is 1. The van der Waals surface area contributed by atoms with Gasteiger partial charge in [-0.1, -0.05) is 25.8 Å². The van der Waals surface area contributed by atoms with Crippen molar-refractivity contribution in [3.63, 3.8) is 0 Å². The molecule has 1 aromatic heterocycles. The molecule has 0 saturated heterocycles. The van der Waals surface area contributed by atoms with E-state index < -0.39 is 0 Å². The summed E-state index contributed by atoms with van der Waals surface area (Å²) in [5.41, 5.74) is 1.43. The molecule has 1 heteroatoms.